The third kappa shape index (κ3) is 6.66. The second kappa shape index (κ2) is 9.31. The first-order valence-corrected chi connectivity index (χ1v) is 8.49. The number of benzene rings is 1. The molecule has 1 unspecified atom stereocenters. The van der Waals surface area contributed by atoms with Crippen LogP contribution in [0.3, 0.4) is 0 Å². The monoisotopic (exact) mass is 369 g/mol. The molecule has 2 atom stereocenters. The van der Waals surface area contributed by atoms with E-state index in [1.54, 1.807) is 13.8 Å². The van der Waals surface area contributed by atoms with Gasteiger partial charge in [-0.3, -0.25) is 14.4 Å². The molecule has 1 aromatic rings. The zero-order valence-corrected chi connectivity index (χ0v) is 14.9. The summed E-state index contributed by atoms with van der Waals surface area (Å²) < 4.78 is 13.0. The van der Waals surface area contributed by atoms with Gasteiger partial charge in [0.1, 0.15) is 11.9 Å². The lowest BCUT2D eigenvalue weighted by atomic mass is 10.0. The van der Waals surface area contributed by atoms with Crippen LogP contribution >= 0.6 is 11.8 Å². The number of carboxylic acid groups (broad SMARTS) is 1. The fraction of sp³-hybridized carbons (Fsp3) is 0.412. The van der Waals surface area contributed by atoms with Crippen LogP contribution in [0.1, 0.15) is 37.6 Å². The van der Waals surface area contributed by atoms with Gasteiger partial charge in [0.15, 0.2) is 10.9 Å². The molecule has 8 heteroatoms. The summed E-state index contributed by atoms with van der Waals surface area (Å²) in [5.74, 6) is -3.16. The highest BCUT2D eigenvalue weighted by Gasteiger charge is 2.29. The number of carbonyl (C=O) groups is 4. The van der Waals surface area contributed by atoms with Crippen LogP contribution < -0.4 is 5.32 Å². The Morgan fingerprint density at radius 3 is 2.16 bits per heavy atom. The van der Waals surface area contributed by atoms with Crippen LogP contribution in [0.15, 0.2) is 24.3 Å². The van der Waals surface area contributed by atoms with Gasteiger partial charge in [0.05, 0.1) is 5.25 Å². The second-order valence-electron chi connectivity index (χ2n) is 5.80. The molecule has 0 fully saturated rings. The number of ketones is 1. The van der Waals surface area contributed by atoms with E-state index in [1.807, 2.05) is 0 Å². The molecule has 0 bridgehead atoms. The highest BCUT2D eigenvalue weighted by molar-refractivity contribution is 8.14. The molecule has 2 N–H and O–H groups in total. The Balaban J connectivity index is 2.90. The molecule has 0 aliphatic carbocycles. The van der Waals surface area contributed by atoms with Crippen molar-refractivity contribution in [3.63, 3.8) is 0 Å². The van der Waals surface area contributed by atoms with Crippen LogP contribution in [0.25, 0.3) is 0 Å². The van der Waals surface area contributed by atoms with Gasteiger partial charge in [-0.2, -0.15) is 0 Å². The number of thioether (sulfide) groups is 1. The molecule has 0 saturated carbocycles. The van der Waals surface area contributed by atoms with Crippen molar-refractivity contribution in [2.45, 2.75) is 38.5 Å². The van der Waals surface area contributed by atoms with E-state index in [-0.39, 0.29) is 23.0 Å². The van der Waals surface area contributed by atoms with E-state index in [2.05, 4.69) is 5.32 Å². The second-order valence-corrected chi connectivity index (χ2v) is 7.18. The van der Waals surface area contributed by atoms with E-state index in [9.17, 15) is 23.6 Å². The van der Waals surface area contributed by atoms with Crippen molar-refractivity contribution >= 4 is 34.5 Å². The molecule has 6 nitrogen and oxygen atoms in total. The Morgan fingerprint density at radius 2 is 1.72 bits per heavy atom. The average Bonchev–Trinajstić information content (AvgIpc) is 2.51. The van der Waals surface area contributed by atoms with Crippen molar-refractivity contribution in [1.29, 1.82) is 0 Å². The number of hydrogen-bond acceptors (Lipinski definition) is 5. The molecular formula is C17H20FNO5S. The van der Waals surface area contributed by atoms with Crippen LogP contribution in [0.5, 0.6) is 0 Å². The van der Waals surface area contributed by atoms with Gasteiger partial charge < -0.3 is 10.4 Å². The van der Waals surface area contributed by atoms with Gasteiger partial charge in [0.25, 0.3) is 0 Å². The summed E-state index contributed by atoms with van der Waals surface area (Å²) in [5, 5.41) is 10.1. The molecule has 1 rings (SSSR count). The third-order valence-electron chi connectivity index (χ3n) is 3.35. The van der Waals surface area contributed by atoms with Crippen molar-refractivity contribution in [3.8, 4) is 0 Å². The predicted molar refractivity (Wildman–Crippen MR) is 91.8 cm³/mol. The lowest BCUT2D eigenvalue weighted by Gasteiger charge is -2.20. The van der Waals surface area contributed by atoms with Crippen LogP contribution in [0, 0.1) is 11.7 Å². The average molecular weight is 369 g/mol. The van der Waals surface area contributed by atoms with Gasteiger partial charge in [0, 0.05) is 18.9 Å². The molecule has 25 heavy (non-hydrogen) atoms. The molecule has 0 spiro atoms. The molecular weight excluding hydrogens is 349 g/mol. The maximum absolute atomic E-state index is 13.0. The maximum atomic E-state index is 13.0. The van der Waals surface area contributed by atoms with E-state index in [1.165, 1.54) is 19.1 Å². The van der Waals surface area contributed by atoms with E-state index in [0.29, 0.717) is 11.8 Å². The number of carbonyl (C=O) groups excluding carboxylic acids is 3. The van der Waals surface area contributed by atoms with Crippen LogP contribution in [0.4, 0.5) is 4.39 Å². The minimum Gasteiger partial charge on any atom is -0.480 e. The number of amides is 1. The SMILES string of the molecule is CC(=O)SC(CC(=O)N[C@H](C(=O)O)C(C)C)C(=O)c1ccc(F)cc1. The summed E-state index contributed by atoms with van der Waals surface area (Å²) in [4.78, 5) is 47.2. The summed E-state index contributed by atoms with van der Waals surface area (Å²) in [6.45, 7) is 4.55. The highest BCUT2D eigenvalue weighted by Crippen LogP contribution is 2.21. The summed E-state index contributed by atoms with van der Waals surface area (Å²) >= 11 is 0.688. The fourth-order valence-corrected chi connectivity index (χ4v) is 2.98. The van der Waals surface area contributed by atoms with Crippen LogP contribution in [-0.4, -0.2) is 39.2 Å². The lowest BCUT2D eigenvalue weighted by molar-refractivity contribution is -0.143. The minimum absolute atomic E-state index is 0.173. The molecule has 136 valence electrons. The van der Waals surface area contributed by atoms with Crippen molar-refractivity contribution < 1.29 is 28.7 Å². The number of Topliss-reactive ketones (excluding diaryl/α,β-unsaturated/α-hetero) is 1. The van der Waals surface area contributed by atoms with Crippen LogP contribution in [0.2, 0.25) is 0 Å². The van der Waals surface area contributed by atoms with E-state index in [4.69, 9.17) is 5.11 Å². The first-order chi connectivity index (χ1) is 11.6. The number of hydrogen-bond donors (Lipinski definition) is 2. The Hall–Kier alpha value is -2.22. The van der Waals surface area contributed by atoms with Crippen LogP contribution in [-0.2, 0) is 14.4 Å². The Kier molecular flexibility index (Phi) is 7.76. The minimum atomic E-state index is -1.18. The summed E-state index contributed by atoms with van der Waals surface area (Å²) in [5.41, 5.74) is 0.173. The molecule has 0 aromatic heterocycles. The summed E-state index contributed by atoms with van der Waals surface area (Å²) in [7, 11) is 0. The molecule has 0 aliphatic rings. The van der Waals surface area contributed by atoms with Crippen molar-refractivity contribution in [1.82, 2.24) is 5.32 Å². The van der Waals surface area contributed by atoms with E-state index >= 15 is 0 Å². The van der Waals surface area contributed by atoms with Gasteiger partial charge in [-0.15, -0.1) is 0 Å². The Morgan fingerprint density at radius 1 is 1.16 bits per heavy atom. The number of carboxylic acids is 1. The summed E-state index contributed by atoms with van der Waals surface area (Å²) in [6.07, 6.45) is -0.350. The van der Waals surface area contributed by atoms with Crippen molar-refractivity contribution in [2.24, 2.45) is 5.92 Å². The van der Waals surface area contributed by atoms with Gasteiger partial charge >= 0.3 is 5.97 Å². The molecule has 0 aliphatic heterocycles. The van der Waals surface area contributed by atoms with Crippen molar-refractivity contribution in [3.05, 3.63) is 35.6 Å². The molecule has 0 heterocycles. The smallest absolute Gasteiger partial charge is 0.326 e. The zero-order chi connectivity index (χ0) is 19.1. The van der Waals surface area contributed by atoms with E-state index < -0.39 is 34.8 Å². The third-order valence-corrected chi connectivity index (χ3v) is 4.35. The molecule has 0 saturated heterocycles. The Bertz CT molecular complexity index is 660. The van der Waals surface area contributed by atoms with E-state index in [0.717, 1.165) is 12.1 Å². The first kappa shape index (κ1) is 20.8. The highest BCUT2D eigenvalue weighted by atomic mass is 32.2. The first-order valence-electron chi connectivity index (χ1n) is 7.61. The predicted octanol–water partition coefficient (Wildman–Crippen LogP) is 2.27. The van der Waals surface area contributed by atoms with Gasteiger partial charge in [0.2, 0.25) is 5.91 Å². The normalized spacial score (nSPS) is 13.2. The quantitative estimate of drug-likeness (QED) is 0.682. The standard InChI is InChI=1S/C17H20FNO5S/c1-9(2)15(17(23)24)19-14(21)8-13(25-10(3)20)16(22)11-4-6-12(18)7-5-11/h4-7,9,13,15H,8H2,1-3H3,(H,19,21)(H,23,24)/t13?,15-/m0/s1. The molecule has 1 amide bonds. The van der Waals surface area contributed by atoms with Crippen molar-refractivity contribution in [2.75, 3.05) is 0 Å². The zero-order valence-electron chi connectivity index (χ0n) is 14.1. The molecule has 0 radical (unpaired) electrons. The fourth-order valence-electron chi connectivity index (χ4n) is 2.10. The number of aliphatic carboxylic acids is 1. The largest absolute Gasteiger partial charge is 0.480 e. The maximum Gasteiger partial charge on any atom is 0.326 e. The lowest BCUT2D eigenvalue weighted by Crippen LogP contribution is -2.45. The summed E-state index contributed by atoms with van der Waals surface area (Å²) in [6, 6.07) is 3.69. The topological polar surface area (TPSA) is 101 Å². The Labute approximate surface area is 149 Å². The number of nitrogens with one attached hydrogen (secondary N) is 1. The van der Waals surface area contributed by atoms with Gasteiger partial charge in [-0.25, -0.2) is 9.18 Å². The number of rotatable bonds is 8. The van der Waals surface area contributed by atoms with Gasteiger partial charge in [-0.05, 0) is 30.2 Å². The van der Waals surface area contributed by atoms with Gasteiger partial charge in [-0.1, -0.05) is 25.6 Å². The molecule has 1 aromatic carbocycles. The number of halogens is 1.